The Kier molecular flexibility index (Phi) is 4.81. The fourth-order valence-electron chi connectivity index (χ4n) is 1.76. The van der Waals surface area contributed by atoms with E-state index in [9.17, 15) is 4.79 Å². The van der Waals surface area contributed by atoms with Crippen LogP contribution in [0.3, 0.4) is 0 Å². The third-order valence-electron chi connectivity index (χ3n) is 2.50. The molecular formula is C11H20N4O3. The maximum absolute atomic E-state index is 11.7. The van der Waals surface area contributed by atoms with Crippen molar-refractivity contribution < 1.29 is 14.3 Å². The van der Waals surface area contributed by atoms with Gasteiger partial charge in [0.1, 0.15) is 5.60 Å². The summed E-state index contributed by atoms with van der Waals surface area (Å²) in [5.41, 5.74) is 7.93. The number of amides is 1. The largest absolute Gasteiger partial charge is 0.444 e. The van der Waals surface area contributed by atoms with Gasteiger partial charge in [0.05, 0.1) is 18.8 Å². The average molecular weight is 256 g/mol. The Balaban J connectivity index is 2.60. The number of carbonyl (C=O) groups is 1. The SMILES string of the molecule is C[C@H]1C[C@H](NC(=O)OC(C)(C)C)[C@H](N=[N+]=[N-])CO1. The minimum absolute atomic E-state index is 0.0232. The van der Waals surface area contributed by atoms with Crippen LogP contribution in [0, 0.1) is 0 Å². The predicted molar refractivity (Wildman–Crippen MR) is 66.1 cm³/mol. The molecule has 3 atom stereocenters. The summed E-state index contributed by atoms with van der Waals surface area (Å²) < 4.78 is 10.6. The lowest BCUT2D eigenvalue weighted by Crippen LogP contribution is -2.50. The number of hydrogen-bond donors (Lipinski definition) is 1. The van der Waals surface area contributed by atoms with Crippen molar-refractivity contribution >= 4 is 6.09 Å². The van der Waals surface area contributed by atoms with Crippen LogP contribution in [0.15, 0.2) is 5.11 Å². The van der Waals surface area contributed by atoms with Gasteiger partial charge in [-0.15, -0.1) is 0 Å². The van der Waals surface area contributed by atoms with Crippen molar-refractivity contribution in [3.63, 3.8) is 0 Å². The van der Waals surface area contributed by atoms with Crippen molar-refractivity contribution in [2.24, 2.45) is 5.11 Å². The molecular weight excluding hydrogens is 236 g/mol. The molecule has 1 aliphatic rings. The van der Waals surface area contributed by atoms with Gasteiger partial charge >= 0.3 is 6.09 Å². The second kappa shape index (κ2) is 5.93. The molecule has 0 aromatic heterocycles. The lowest BCUT2D eigenvalue weighted by Gasteiger charge is -2.33. The molecule has 1 aliphatic heterocycles. The van der Waals surface area contributed by atoms with Gasteiger partial charge in [-0.2, -0.15) is 0 Å². The van der Waals surface area contributed by atoms with Gasteiger partial charge in [-0.05, 0) is 39.6 Å². The molecule has 1 amide bonds. The minimum atomic E-state index is -0.547. The van der Waals surface area contributed by atoms with Crippen molar-refractivity contribution in [3.8, 4) is 0 Å². The molecule has 0 aromatic carbocycles. The summed E-state index contributed by atoms with van der Waals surface area (Å²) in [6.07, 6.45) is 0.123. The van der Waals surface area contributed by atoms with E-state index in [0.29, 0.717) is 13.0 Å². The molecule has 1 fully saturated rings. The third-order valence-corrected chi connectivity index (χ3v) is 2.50. The Labute approximate surface area is 106 Å². The second-order valence-corrected chi connectivity index (χ2v) is 5.40. The van der Waals surface area contributed by atoms with Crippen molar-refractivity contribution in [2.75, 3.05) is 6.61 Å². The normalized spacial score (nSPS) is 28.1. The molecule has 0 spiro atoms. The summed E-state index contributed by atoms with van der Waals surface area (Å²) in [5.74, 6) is 0. The molecule has 0 aromatic rings. The molecule has 1 heterocycles. The molecule has 0 aliphatic carbocycles. The smallest absolute Gasteiger partial charge is 0.407 e. The highest BCUT2D eigenvalue weighted by molar-refractivity contribution is 5.68. The summed E-state index contributed by atoms with van der Waals surface area (Å²) in [5, 5.41) is 6.37. The quantitative estimate of drug-likeness (QED) is 0.466. The van der Waals surface area contributed by atoms with Gasteiger partial charge in [0, 0.05) is 11.0 Å². The van der Waals surface area contributed by atoms with E-state index < -0.39 is 17.7 Å². The molecule has 102 valence electrons. The van der Waals surface area contributed by atoms with Crippen LogP contribution in [0.25, 0.3) is 10.4 Å². The highest BCUT2D eigenvalue weighted by atomic mass is 16.6. The number of azide groups is 1. The molecule has 0 unspecified atom stereocenters. The van der Waals surface area contributed by atoms with E-state index in [4.69, 9.17) is 15.0 Å². The molecule has 0 bridgehead atoms. The summed E-state index contributed by atoms with van der Waals surface area (Å²) in [6, 6.07) is -0.641. The van der Waals surface area contributed by atoms with Gasteiger partial charge in [0.2, 0.25) is 0 Å². The Morgan fingerprint density at radius 3 is 2.78 bits per heavy atom. The monoisotopic (exact) mass is 256 g/mol. The topological polar surface area (TPSA) is 96.3 Å². The molecule has 1 N–H and O–H groups in total. The number of nitrogens with one attached hydrogen (secondary N) is 1. The maximum Gasteiger partial charge on any atom is 0.407 e. The molecule has 0 radical (unpaired) electrons. The van der Waals surface area contributed by atoms with E-state index in [0.717, 1.165) is 0 Å². The van der Waals surface area contributed by atoms with Gasteiger partial charge < -0.3 is 14.8 Å². The average Bonchev–Trinajstić information content (AvgIpc) is 2.19. The van der Waals surface area contributed by atoms with Crippen LogP contribution in [0.2, 0.25) is 0 Å². The number of carbonyl (C=O) groups excluding carboxylic acids is 1. The van der Waals surface area contributed by atoms with E-state index in [2.05, 4.69) is 15.3 Å². The Hall–Kier alpha value is -1.46. The molecule has 7 nitrogen and oxygen atoms in total. The second-order valence-electron chi connectivity index (χ2n) is 5.40. The lowest BCUT2D eigenvalue weighted by molar-refractivity contribution is -0.00379. The van der Waals surface area contributed by atoms with Crippen LogP contribution in [0.1, 0.15) is 34.1 Å². The van der Waals surface area contributed by atoms with E-state index >= 15 is 0 Å². The van der Waals surface area contributed by atoms with Crippen LogP contribution >= 0.6 is 0 Å². The zero-order valence-electron chi connectivity index (χ0n) is 11.2. The highest BCUT2D eigenvalue weighted by Gasteiger charge is 2.31. The molecule has 1 rings (SSSR count). The molecule has 1 saturated heterocycles. The van der Waals surface area contributed by atoms with Gasteiger partial charge in [0.15, 0.2) is 0 Å². The summed E-state index contributed by atoms with van der Waals surface area (Å²) in [7, 11) is 0. The Morgan fingerprint density at radius 1 is 1.56 bits per heavy atom. The standard InChI is InChI=1S/C11H20N4O3/c1-7-5-8(9(6-17-7)14-15-12)13-10(16)18-11(2,3)4/h7-9H,5-6H2,1-4H3,(H,13,16)/t7-,8-,9+/m0/s1. The zero-order chi connectivity index (χ0) is 13.8. The first kappa shape index (κ1) is 14.6. The molecule has 0 saturated carbocycles. The van der Waals surface area contributed by atoms with Crippen molar-refractivity contribution in [1.82, 2.24) is 5.32 Å². The first-order valence-electron chi connectivity index (χ1n) is 5.97. The lowest BCUT2D eigenvalue weighted by atomic mass is 10.0. The highest BCUT2D eigenvalue weighted by Crippen LogP contribution is 2.18. The van der Waals surface area contributed by atoms with Gasteiger partial charge in [-0.3, -0.25) is 0 Å². The third kappa shape index (κ3) is 4.81. The number of rotatable bonds is 2. The number of alkyl carbamates (subject to hydrolysis) is 1. The Morgan fingerprint density at radius 2 is 2.22 bits per heavy atom. The van der Waals surface area contributed by atoms with Crippen molar-refractivity contribution in [2.45, 2.75) is 57.9 Å². The van der Waals surface area contributed by atoms with Gasteiger partial charge in [-0.25, -0.2) is 4.79 Å². The summed E-state index contributed by atoms with van der Waals surface area (Å²) in [4.78, 5) is 14.4. The van der Waals surface area contributed by atoms with E-state index in [1.807, 2.05) is 6.92 Å². The van der Waals surface area contributed by atoms with Crippen LogP contribution < -0.4 is 5.32 Å². The van der Waals surface area contributed by atoms with Gasteiger partial charge in [0.25, 0.3) is 0 Å². The van der Waals surface area contributed by atoms with Crippen molar-refractivity contribution in [3.05, 3.63) is 10.4 Å². The molecule has 7 heteroatoms. The molecule has 18 heavy (non-hydrogen) atoms. The predicted octanol–water partition coefficient (Wildman–Crippen LogP) is 2.37. The van der Waals surface area contributed by atoms with E-state index in [-0.39, 0.29) is 12.1 Å². The van der Waals surface area contributed by atoms with E-state index in [1.165, 1.54) is 0 Å². The van der Waals surface area contributed by atoms with Gasteiger partial charge in [-0.1, -0.05) is 5.11 Å². The van der Waals surface area contributed by atoms with Crippen LogP contribution in [0.5, 0.6) is 0 Å². The number of ether oxygens (including phenoxy) is 2. The van der Waals surface area contributed by atoms with Crippen LogP contribution in [-0.2, 0) is 9.47 Å². The first-order chi connectivity index (χ1) is 8.31. The summed E-state index contributed by atoms with van der Waals surface area (Å²) in [6.45, 7) is 7.61. The van der Waals surface area contributed by atoms with Crippen LogP contribution in [-0.4, -0.2) is 36.5 Å². The maximum atomic E-state index is 11.7. The Bertz CT molecular complexity index is 347. The fraction of sp³-hybridized carbons (Fsp3) is 0.909. The number of hydrogen-bond acceptors (Lipinski definition) is 4. The van der Waals surface area contributed by atoms with Crippen LogP contribution in [0.4, 0.5) is 4.79 Å². The fourth-order valence-corrected chi connectivity index (χ4v) is 1.76. The first-order valence-corrected chi connectivity index (χ1v) is 5.97. The van der Waals surface area contributed by atoms with Crippen molar-refractivity contribution in [1.29, 1.82) is 0 Å². The zero-order valence-corrected chi connectivity index (χ0v) is 11.2. The number of nitrogens with zero attached hydrogens (tertiary/aromatic N) is 3. The van der Waals surface area contributed by atoms with E-state index in [1.54, 1.807) is 20.8 Å². The summed E-state index contributed by atoms with van der Waals surface area (Å²) >= 11 is 0. The minimum Gasteiger partial charge on any atom is -0.444 e.